The van der Waals surface area contributed by atoms with Gasteiger partial charge in [-0.1, -0.05) is 74.6 Å². The zero-order valence-electron chi connectivity index (χ0n) is 30.6. The van der Waals surface area contributed by atoms with Crippen molar-refractivity contribution in [2.24, 2.45) is 5.92 Å². The molecule has 1 saturated heterocycles. The molecular weight excluding hydrogens is 681 g/mol. The van der Waals surface area contributed by atoms with Crippen LogP contribution in [0.3, 0.4) is 0 Å². The van der Waals surface area contributed by atoms with Gasteiger partial charge in [0.2, 0.25) is 11.8 Å². The van der Waals surface area contributed by atoms with Gasteiger partial charge in [-0.3, -0.25) is 14.4 Å². The number of hydrogen-bond donors (Lipinski definition) is 3. The molecule has 1 atom stereocenters. The maximum absolute atomic E-state index is 14.3. The number of carboxylic acids is 1. The number of morpholine rings is 1. The van der Waals surface area contributed by atoms with Gasteiger partial charge in [0.05, 0.1) is 24.8 Å². The minimum absolute atomic E-state index is 0.150. The molecule has 3 amide bonds. The fourth-order valence-electron chi connectivity index (χ4n) is 9.26. The number of aliphatic carboxylic acids is 1. The highest BCUT2D eigenvalue weighted by Gasteiger charge is 2.43. The number of benzene rings is 3. The van der Waals surface area contributed by atoms with Gasteiger partial charge in [0, 0.05) is 53.4 Å². The molecule has 10 nitrogen and oxygen atoms in total. The Morgan fingerprint density at radius 1 is 0.870 bits per heavy atom. The number of fused-ring (bicyclic) bond motifs is 5. The molecule has 3 aromatic carbocycles. The second kappa shape index (κ2) is 15.3. The number of aromatic nitrogens is 1. The minimum atomic E-state index is -1.06. The van der Waals surface area contributed by atoms with Crippen LogP contribution < -0.4 is 10.6 Å². The van der Waals surface area contributed by atoms with Gasteiger partial charge in [-0.05, 0) is 85.1 Å². The number of nitrogens with zero attached hydrogens (tertiary/aromatic N) is 2. The molecule has 0 bridgehead atoms. The third kappa shape index (κ3) is 7.07. The summed E-state index contributed by atoms with van der Waals surface area (Å²) in [7, 11) is 0. The van der Waals surface area contributed by atoms with E-state index in [1.807, 2.05) is 17.0 Å². The normalized spacial score (nSPS) is 19.9. The van der Waals surface area contributed by atoms with Crippen molar-refractivity contribution in [1.29, 1.82) is 0 Å². The lowest BCUT2D eigenvalue weighted by atomic mass is 9.81. The van der Waals surface area contributed by atoms with E-state index >= 15 is 0 Å². The van der Waals surface area contributed by atoms with E-state index < -0.39 is 11.5 Å². The number of amides is 3. The molecule has 4 aromatic rings. The maximum Gasteiger partial charge on any atom is 0.328 e. The van der Waals surface area contributed by atoms with Crippen LogP contribution >= 0.6 is 0 Å². The van der Waals surface area contributed by atoms with Crippen molar-refractivity contribution < 1.29 is 29.0 Å². The van der Waals surface area contributed by atoms with Crippen LogP contribution in [0.1, 0.15) is 90.8 Å². The Balaban J connectivity index is 1.14. The lowest BCUT2D eigenvalue weighted by molar-refractivity contribution is -0.140. The zero-order valence-corrected chi connectivity index (χ0v) is 30.6. The molecule has 2 aliphatic carbocycles. The van der Waals surface area contributed by atoms with Crippen molar-refractivity contribution in [1.82, 2.24) is 14.8 Å². The lowest BCUT2D eigenvalue weighted by Gasteiger charge is -2.30. The monoisotopic (exact) mass is 728 g/mol. The molecule has 3 fully saturated rings. The van der Waals surface area contributed by atoms with Crippen molar-refractivity contribution in [2.45, 2.75) is 82.2 Å². The number of carbonyl (C=O) groups is 4. The van der Waals surface area contributed by atoms with Crippen LogP contribution in [0.5, 0.6) is 0 Å². The first-order valence-electron chi connectivity index (χ1n) is 19.6. The van der Waals surface area contributed by atoms with E-state index in [1.54, 1.807) is 24.3 Å². The number of carboxylic acid groups (broad SMARTS) is 1. The number of anilines is 1. The Kier molecular flexibility index (Phi) is 10.1. The molecule has 1 aromatic heterocycles. The van der Waals surface area contributed by atoms with Crippen LogP contribution in [0.25, 0.3) is 28.2 Å². The van der Waals surface area contributed by atoms with Crippen molar-refractivity contribution in [3.8, 4) is 11.3 Å². The fraction of sp³-hybridized carbons (Fsp3) is 0.409. The quantitative estimate of drug-likeness (QED) is 0.165. The molecule has 54 heavy (non-hydrogen) atoms. The first kappa shape index (κ1) is 35.8. The third-order valence-electron chi connectivity index (χ3n) is 12.0. The van der Waals surface area contributed by atoms with Gasteiger partial charge < -0.3 is 29.9 Å². The van der Waals surface area contributed by atoms with E-state index in [0.717, 1.165) is 42.7 Å². The number of nitrogens with one attached hydrogen (secondary N) is 2. The standard InChI is InChI=1S/C44H48N4O6/c49-38(50)19-14-29-12-16-34(17-13-29)45-43(53)44(20-6-7-21-44)46-41(51)32-15-18-36-37(27-32)48-28-33(42(52)47-22-24-54-25-23-47)26-31-10-4-5-11-35(31)40(48)39(36)30-8-2-1-3-9-30/h4-5,10-19,27,30,33H,1-3,6-9,20-26,28H2,(H,45,53)(H,46,51)(H,49,50). The van der Waals surface area contributed by atoms with Gasteiger partial charge in [-0.2, -0.15) is 0 Å². The molecule has 3 N–H and O–H groups in total. The molecule has 0 radical (unpaired) electrons. The molecule has 0 spiro atoms. The number of ether oxygens (including phenoxy) is 1. The van der Waals surface area contributed by atoms with Crippen LogP contribution in [-0.2, 0) is 32.1 Å². The van der Waals surface area contributed by atoms with Crippen LogP contribution in [0, 0.1) is 5.92 Å². The molecule has 2 saturated carbocycles. The molecular formula is C44H48N4O6. The van der Waals surface area contributed by atoms with E-state index in [-0.39, 0.29) is 23.6 Å². The summed E-state index contributed by atoms with van der Waals surface area (Å²) in [6.45, 7) is 2.81. The molecule has 10 heteroatoms. The van der Waals surface area contributed by atoms with Crippen LogP contribution in [-0.4, -0.2) is 70.1 Å². The highest BCUT2D eigenvalue weighted by atomic mass is 16.5. The third-order valence-corrected chi connectivity index (χ3v) is 12.0. The molecule has 4 aliphatic rings. The van der Waals surface area contributed by atoms with Crippen molar-refractivity contribution in [2.75, 3.05) is 31.6 Å². The second-order valence-corrected chi connectivity index (χ2v) is 15.4. The minimum Gasteiger partial charge on any atom is -0.478 e. The SMILES string of the molecule is O=C(O)C=Cc1ccc(NC(=O)C2(NC(=O)c3ccc4c(C5CCCCC5)c5n(c4c3)CC(C(=O)N3CCOCC3)Cc3ccccc3-5)CCCC2)cc1. The summed E-state index contributed by atoms with van der Waals surface area (Å²) in [5, 5.41) is 16.3. The second-order valence-electron chi connectivity index (χ2n) is 15.4. The zero-order chi connectivity index (χ0) is 37.2. The first-order valence-corrected chi connectivity index (χ1v) is 19.6. The number of rotatable bonds is 8. The molecule has 2 aliphatic heterocycles. The van der Waals surface area contributed by atoms with Crippen molar-refractivity contribution in [3.63, 3.8) is 0 Å². The van der Waals surface area contributed by atoms with E-state index in [2.05, 4.69) is 45.5 Å². The Morgan fingerprint density at radius 2 is 1.61 bits per heavy atom. The van der Waals surface area contributed by atoms with Gasteiger partial charge in [0.25, 0.3) is 5.91 Å². The Labute approximate surface area is 315 Å². The largest absolute Gasteiger partial charge is 0.478 e. The highest BCUT2D eigenvalue weighted by Crippen LogP contribution is 2.47. The summed E-state index contributed by atoms with van der Waals surface area (Å²) >= 11 is 0. The predicted octanol–water partition coefficient (Wildman–Crippen LogP) is 7.17. The highest BCUT2D eigenvalue weighted by molar-refractivity contribution is 6.06. The Morgan fingerprint density at radius 3 is 2.35 bits per heavy atom. The van der Waals surface area contributed by atoms with E-state index in [1.165, 1.54) is 47.7 Å². The fourth-order valence-corrected chi connectivity index (χ4v) is 9.26. The molecule has 8 rings (SSSR count). The van der Waals surface area contributed by atoms with E-state index in [4.69, 9.17) is 9.84 Å². The molecule has 1 unspecified atom stereocenters. The smallest absolute Gasteiger partial charge is 0.328 e. The van der Waals surface area contributed by atoms with Crippen LogP contribution in [0.2, 0.25) is 0 Å². The van der Waals surface area contributed by atoms with E-state index in [9.17, 15) is 19.2 Å². The Bertz CT molecular complexity index is 2100. The van der Waals surface area contributed by atoms with Gasteiger partial charge in [0.15, 0.2) is 0 Å². The topological polar surface area (TPSA) is 130 Å². The van der Waals surface area contributed by atoms with Gasteiger partial charge in [0.1, 0.15) is 5.54 Å². The number of hydrogen-bond acceptors (Lipinski definition) is 5. The van der Waals surface area contributed by atoms with Gasteiger partial charge >= 0.3 is 5.97 Å². The lowest BCUT2D eigenvalue weighted by Crippen LogP contribution is -2.55. The van der Waals surface area contributed by atoms with Crippen LogP contribution in [0.15, 0.2) is 72.8 Å². The van der Waals surface area contributed by atoms with Gasteiger partial charge in [-0.15, -0.1) is 0 Å². The summed E-state index contributed by atoms with van der Waals surface area (Å²) in [6.07, 6.45) is 11.8. The summed E-state index contributed by atoms with van der Waals surface area (Å²) in [5.41, 5.74) is 6.51. The first-order chi connectivity index (χ1) is 26.3. The summed E-state index contributed by atoms with van der Waals surface area (Å²) in [6, 6.07) is 21.4. The summed E-state index contributed by atoms with van der Waals surface area (Å²) in [4.78, 5) is 55.2. The Hall–Kier alpha value is -5.22. The summed E-state index contributed by atoms with van der Waals surface area (Å²) < 4.78 is 7.91. The van der Waals surface area contributed by atoms with Gasteiger partial charge in [-0.25, -0.2) is 4.79 Å². The predicted molar refractivity (Wildman–Crippen MR) is 208 cm³/mol. The van der Waals surface area contributed by atoms with Crippen LogP contribution in [0.4, 0.5) is 5.69 Å². The molecule has 3 heterocycles. The molecule has 280 valence electrons. The van der Waals surface area contributed by atoms with Crippen molar-refractivity contribution >= 4 is 46.4 Å². The maximum atomic E-state index is 14.3. The van der Waals surface area contributed by atoms with E-state index in [0.29, 0.717) is 74.8 Å². The average molecular weight is 729 g/mol. The number of carbonyl (C=O) groups excluding carboxylic acids is 3. The summed E-state index contributed by atoms with van der Waals surface area (Å²) in [5.74, 6) is -1.31. The van der Waals surface area contributed by atoms with Crippen molar-refractivity contribution in [3.05, 3.63) is 95.1 Å². The average Bonchev–Trinajstić information content (AvgIpc) is 3.76.